The van der Waals surface area contributed by atoms with Crippen LogP contribution in [0.25, 0.3) is 0 Å². The highest BCUT2D eigenvalue weighted by Crippen LogP contribution is 2.28. The summed E-state index contributed by atoms with van der Waals surface area (Å²) in [6.07, 6.45) is 5.08. The summed E-state index contributed by atoms with van der Waals surface area (Å²) in [6.45, 7) is 4.88. The molecule has 0 saturated carbocycles. The molecule has 16 heavy (non-hydrogen) atoms. The molecule has 90 valence electrons. The molecule has 0 spiro atoms. The van der Waals surface area contributed by atoms with Gasteiger partial charge in [-0.05, 0) is 13.0 Å². The van der Waals surface area contributed by atoms with Crippen LogP contribution in [0.2, 0.25) is 0 Å². The summed E-state index contributed by atoms with van der Waals surface area (Å²) in [4.78, 5) is 1.22. The molecule has 1 aromatic rings. The van der Waals surface area contributed by atoms with E-state index in [-0.39, 0.29) is 0 Å². The Morgan fingerprint density at radius 3 is 3.25 bits per heavy atom. The molecule has 2 heterocycles. The van der Waals surface area contributed by atoms with Crippen molar-refractivity contribution in [1.29, 1.82) is 0 Å². The van der Waals surface area contributed by atoms with Crippen molar-refractivity contribution in [3.8, 4) is 0 Å². The molecule has 2 unspecified atom stereocenters. The number of nitrogens with one attached hydrogen (secondary N) is 1. The highest BCUT2D eigenvalue weighted by atomic mass is 32.2. The quantitative estimate of drug-likeness (QED) is 0.862. The van der Waals surface area contributed by atoms with Gasteiger partial charge < -0.3 is 10.1 Å². The number of aryl methyl sites for hydroxylation is 1. The topological polar surface area (TPSA) is 39.1 Å². The standard InChI is InChI=1S/C11H19N3OS/c1-3-12-10-4-5-15-8-11(10)16-9-6-13-14(2)7-9/h6-7,10-12H,3-5,8H2,1-2H3. The van der Waals surface area contributed by atoms with Gasteiger partial charge in [0, 0.05) is 36.0 Å². The molecule has 0 radical (unpaired) electrons. The van der Waals surface area contributed by atoms with Gasteiger partial charge in [-0.2, -0.15) is 5.10 Å². The zero-order valence-corrected chi connectivity index (χ0v) is 10.7. The molecule has 1 aliphatic rings. The number of ether oxygens (including phenoxy) is 1. The minimum atomic E-state index is 0.498. The second-order valence-electron chi connectivity index (χ2n) is 4.03. The molecular weight excluding hydrogens is 222 g/mol. The third kappa shape index (κ3) is 2.99. The fourth-order valence-electron chi connectivity index (χ4n) is 1.96. The molecule has 0 aromatic carbocycles. The van der Waals surface area contributed by atoms with E-state index in [0.29, 0.717) is 11.3 Å². The molecule has 2 atom stereocenters. The van der Waals surface area contributed by atoms with Crippen LogP contribution in [0.4, 0.5) is 0 Å². The normalized spacial score (nSPS) is 25.9. The first-order valence-electron chi connectivity index (χ1n) is 5.76. The Kier molecular flexibility index (Phi) is 4.26. The van der Waals surface area contributed by atoms with Gasteiger partial charge in [-0.3, -0.25) is 4.68 Å². The molecule has 0 aliphatic carbocycles. The number of nitrogens with zero attached hydrogens (tertiary/aromatic N) is 2. The van der Waals surface area contributed by atoms with Crippen LogP contribution in [0.1, 0.15) is 13.3 Å². The van der Waals surface area contributed by atoms with E-state index in [1.165, 1.54) is 4.90 Å². The van der Waals surface area contributed by atoms with Crippen molar-refractivity contribution in [3.63, 3.8) is 0 Å². The Bertz CT molecular complexity index is 327. The summed E-state index contributed by atoms with van der Waals surface area (Å²) in [5.74, 6) is 0. The van der Waals surface area contributed by atoms with E-state index >= 15 is 0 Å². The Morgan fingerprint density at radius 1 is 1.69 bits per heavy atom. The van der Waals surface area contributed by atoms with Gasteiger partial charge in [0.25, 0.3) is 0 Å². The van der Waals surface area contributed by atoms with Crippen molar-refractivity contribution in [2.75, 3.05) is 19.8 Å². The number of aromatic nitrogens is 2. The van der Waals surface area contributed by atoms with E-state index in [1.54, 1.807) is 0 Å². The molecule has 1 aliphatic heterocycles. The van der Waals surface area contributed by atoms with Crippen molar-refractivity contribution < 1.29 is 4.74 Å². The minimum absolute atomic E-state index is 0.498. The van der Waals surface area contributed by atoms with Crippen LogP contribution < -0.4 is 5.32 Å². The van der Waals surface area contributed by atoms with Crippen LogP contribution in [-0.2, 0) is 11.8 Å². The van der Waals surface area contributed by atoms with Crippen LogP contribution in [-0.4, -0.2) is 40.8 Å². The van der Waals surface area contributed by atoms with E-state index in [1.807, 2.05) is 29.7 Å². The van der Waals surface area contributed by atoms with Gasteiger partial charge in [0.2, 0.25) is 0 Å². The summed E-state index contributed by atoms with van der Waals surface area (Å²) in [7, 11) is 1.95. The average molecular weight is 241 g/mol. The van der Waals surface area contributed by atoms with Gasteiger partial charge in [0.1, 0.15) is 0 Å². The summed E-state index contributed by atoms with van der Waals surface area (Å²) in [5.41, 5.74) is 0. The van der Waals surface area contributed by atoms with Gasteiger partial charge in [-0.25, -0.2) is 0 Å². The second kappa shape index (κ2) is 5.70. The zero-order valence-electron chi connectivity index (χ0n) is 9.85. The Morgan fingerprint density at radius 2 is 2.56 bits per heavy atom. The second-order valence-corrected chi connectivity index (χ2v) is 5.35. The lowest BCUT2D eigenvalue weighted by Crippen LogP contribution is -2.44. The lowest BCUT2D eigenvalue weighted by atomic mass is 10.1. The fourth-order valence-corrected chi connectivity index (χ4v) is 3.19. The molecule has 5 heteroatoms. The smallest absolute Gasteiger partial charge is 0.0625 e. The highest BCUT2D eigenvalue weighted by molar-refractivity contribution is 8.00. The van der Waals surface area contributed by atoms with Crippen LogP contribution in [0, 0.1) is 0 Å². The predicted molar refractivity (Wildman–Crippen MR) is 65.8 cm³/mol. The van der Waals surface area contributed by atoms with Crippen LogP contribution in [0.5, 0.6) is 0 Å². The molecule has 4 nitrogen and oxygen atoms in total. The lowest BCUT2D eigenvalue weighted by Gasteiger charge is -2.31. The maximum atomic E-state index is 5.55. The largest absolute Gasteiger partial charge is 0.380 e. The zero-order chi connectivity index (χ0) is 11.4. The van der Waals surface area contributed by atoms with Crippen molar-refractivity contribution in [1.82, 2.24) is 15.1 Å². The summed E-state index contributed by atoms with van der Waals surface area (Å²) < 4.78 is 7.39. The van der Waals surface area contributed by atoms with Crippen molar-refractivity contribution in [2.45, 2.75) is 29.5 Å². The van der Waals surface area contributed by atoms with Gasteiger partial charge in [-0.1, -0.05) is 6.92 Å². The van der Waals surface area contributed by atoms with Crippen molar-refractivity contribution >= 4 is 11.8 Å². The summed E-state index contributed by atoms with van der Waals surface area (Å²) in [5, 5.41) is 8.22. The van der Waals surface area contributed by atoms with Crippen LogP contribution >= 0.6 is 11.8 Å². The van der Waals surface area contributed by atoms with E-state index in [4.69, 9.17) is 4.74 Å². The number of thioether (sulfide) groups is 1. The Labute approximate surface area is 101 Å². The van der Waals surface area contributed by atoms with Crippen molar-refractivity contribution in [3.05, 3.63) is 12.4 Å². The Balaban J connectivity index is 1.95. The molecule has 1 N–H and O–H groups in total. The number of hydrogen-bond acceptors (Lipinski definition) is 4. The molecule has 0 bridgehead atoms. The van der Waals surface area contributed by atoms with E-state index < -0.39 is 0 Å². The predicted octanol–water partition coefficient (Wildman–Crippen LogP) is 1.28. The van der Waals surface area contributed by atoms with Gasteiger partial charge in [-0.15, -0.1) is 11.8 Å². The maximum absolute atomic E-state index is 5.55. The molecule has 0 amide bonds. The number of rotatable bonds is 4. The SMILES string of the molecule is CCNC1CCOCC1Sc1cnn(C)c1. The Hall–Kier alpha value is -0.520. The van der Waals surface area contributed by atoms with E-state index in [9.17, 15) is 0 Å². The van der Waals surface area contributed by atoms with E-state index in [0.717, 1.165) is 26.2 Å². The lowest BCUT2D eigenvalue weighted by molar-refractivity contribution is 0.0837. The molecule has 1 saturated heterocycles. The van der Waals surface area contributed by atoms with Gasteiger partial charge >= 0.3 is 0 Å². The molecular formula is C11H19N3OS. The third-order valence-electron chi connectivity index (χ3n) is 2.74. The third-order valence-corrected chi connectivity index (χ3v) is 3.99. The minimum Gasteiger partial charge on any atom is -0.380 e. The monoisotopic (exact) mass is 241 g/mol. The van der Waals surface area contributed by atoms with Gasteiger partial charge in [0.05, 0.1) is 12.8 Å². The molecule has 1 fully saturated rings. The first-order chi connectivity index (χ1) is 7.79. The average Bonchev–Trinajstić information content (AvgIpc) is 2.67. The summed E-state index contributed by atoms with van der Waals surface area (Å²) >= 11 is 1.86. The van der Waals surface area contributed by atoms with E-state index in [2.05, 4.69) is 23.5 Å². The van der Waals surface area contributed by atoms with Crippen LogP contribution in [0.15, 0.2) is 17.3 Å². The first-order valence-corrected chi connectivity index (χ1v) is 6.64. The molecule has 2 rings (SSSR count). The molecule has 1 aromatic heterocycles. The first kappa shape index (κ1) is 12.0. The van der Waals surface area contributed by atoms with Crippen LogP contribution in [0.3, 0.4) is 0 Å². The van der Waals surface area contributed by atoms with Gasteiger partial charge in [0.15, 0.2) is 0 Å². The maximum Gasteiger partial charge on any atom is 0.0625 e. The van der Waals surface area contributed by atoms with Crippen molar-refractivity contribution in [2.24, 2.45) is 7.05 Å². The highest BCUT2D eigenvalue weighted by Gasteiger charge is 2.26. The fraction of sp³-hybridized carbons (Fsp3) is 0.727. The summed E-state index contributed by atoms with van der Waals surface area (Å²) in [6, 6.07) is 0.559. The number of hydrogen-bond donors (Lipinski definition) is 1.